The van der Waals surface area contributed by atoms with Gasteiger partial charge < -0.3 is 33.8 Å². The van der Waals surface area contributed by atoms with Crippen LogP contribution in [0.3, 0.4) is 0 Å². The molecular formula is C70H136O17P2. The molecule has 0 radical (unpaired) electrons. The van der Waals surface area contributed by atoms with Crippen molar-refractivity contribution in [2.45, 2.75) is 363 Å². The molecule has 17 nitrogen and oxygen atoms in total. The number of hydrogen-bond acceptors (Lipinski definition) is 15. The number of aliphatic hydroxyl groups excluding tert-OH is 1. The molecular weight excluding hydrogens is 1170 g/mol. The van der Waals surface area contributed by atoms with E-state index in [9.17, 15) is 43.2 Å². The molecule has 0 saturated heterocycles. The Morgan fingerprint density at radius 1 is 0.315 bits per heavy atom. The molecule has 0 amide bonds. The van der Waals surface area contributed by atoms with Crippen molar-refractivity contribution in [2.24, 2.45) is 23.7 Å². The van der Waals surface area contributed by atoms with Gasteiger partial charge in [-0.05, 0) is 49.4 Å². The summed E-state index contributed by atoms with van der Waals surface area (Å²) in [7, 11) is -9.90. The summed E-state index contributed by atoms with van der Waals surface area (Å²) in [5.74, 6) is 0.814. The lowest BCUT2D eigenvalue weighted by Gasteiger charge is -2.21. The van der Waals surface area contributed by atoms with Crippen LogP contribution < -0.4 is 0 Å². The first-order chi connectivity index (χ1) is 42.6. The largest absolute Gasteiger partial charge is 0.472 e. The fraction of sp³-hybridized carbons (Fsp3) is 0.943. The van der Waals surface area contributed by atoms with Gasteiger partial charge >= 0.3 is 39.5 Å². The Labute approximate surface area is 543 Å². The average molecular weight is 1310 g/mol. The molecule has 0 aliphatic heterocycles. The Bertz CT molecular complexity index is 1770. The van der Waals surface area contributed by atoms with Crippen molar-refractivity contribution in [2.75, 3.05) is 39.6 Å². The summed E-state index contributed by atoms with van der Waals surface area (Å²) >= 11 is 0. The highest BCUT2D eigenvalue weighted by Crippen LogP contribution is 2.45. The van der Waals surface area contributed by atoms with Gasteiger partial charge in [-0.1, -0.05) is 293 Å². The maximum absolute atomic E-state index is 13.0. The SMILES string of the molecule is CCC(C)CCCCCCCCCCC(=O)O[C@H](COC(=O)CCCCCCCCCC(C)C)COP(=O)(O)OCC(O)COP(=O)(O)OC[C@@H](COC(=O)CCCCCCCCCCCCCCCCCC(C)C)OC(=O)CCCCCCCCC(C)C. The zero-order valence-corrected chi connectivity index (χ0v) is 59.8. The number of hydrogen-bond donors (Lipinski definition) is 3. The lowest BCUT2D eigenvalue weighted by atomic mass is 9.99. The van der Waals surface area contributed by atoms with Crippen LogP contribution in [0.25, 0.3) is 0 Å². The fourth-order valence-electron chi connectivity index (χ4n) is 10.5. The highest BCUT2D eigenvalue weighted by atomic mass is 31.2. The number of ether oxygens (including phenoxy) is 4. The number of phosphoric acid groups is 2. The summed E-state index contributed by atoms with van der Waals surface area (Å²) in [4.78, 5) is 72.4. The van der Waals surface area contributed by atoms with Gasteiger partial charge in [0.1, 0.15) is 19.3 Å². The number of carbonyl (C=O) groups is 4. The van der Waals surface area contributed by atoms with Crippen molar-refractivity contribution < 1.29 is 80.2 Å². The zero-order chi connectivity index (χ0) is 66.1. The summed E-state index contributed by atoms with van der Waals surface area (Å²) in [6.07, 6.45) is 42.0. The minimum atomic E-state index is -4.95. The highest BCUT2D eigenvalue weighted by molar-refractivity contribution is 7.47. The number of aliphatic hydroxyl groups is 1. The second-order valence-electron chi connectivity index (χ2n) is 26.9. The molecule has 0 aromatic rings. The van der Waals surface area contributed by atoms with E-state index in [4.69, 9.17) is 37.0 Å². The third kappa shape index (κ3) is 63.2. The predicted octanol–water partition coefficient (Wildman–Crippen LogP) is 19.7. The van der Waals surface area contributed by atoms with Crippen LogP contribution in [0.15, 0.2) is 0 Å². The number of unbranched alkanes of at least 4 members (excludes halogenated alkanes) is 32. The Kier molecular flexibility index (Phi) is 58.5. The second-order valence-corrected chi connectivity index (χ2v) is 29.8. The normalized spacial score (nSPS) is 14.6. The van der Waals surface area contributed by atoms with Crippen LogP contribution in [0.5, 0.6) is 0 Å². The highest BCUT2D eigenvalue weighted by Gasteiger charge is 2.30. The van der Waals surface area contributed by atoms with E-state index < -0.39 is 97.5 Å². The molecule has 0 rings (SSSR count). The van der Waals surface area contributed by atoms with E-state index in [1.54, 1.807) is 0 Å². The van der Waals surface area contributed by atoms with E-state index in [1.165, 1.54) is 141 Å². The zero-order valence-electron chi connectivity index (χ0n) is 58.1. The molecule has 528 valence electrons. The topological polar surface area (TPSA) is 237 Å². The first kappa shape index (κ1) is 87.1. The fourth-order valence-corrected chi connectivity index (χ4v) is 12.0. The van der Waals surface area contributed by atoms with Crippen molar-refractivity contribution in [3.05, 3.63) is 0 Å². The van der Waals surface area contributed by atoms with Gasteiger partial charge in [-0.15, -0.1) is 0 Å². The van der Waals surface area contributed by atoms with E-state index in [-0.39, 0.29) is 25.7 Å². The van der Waals surface area contributed by atoms with Crippen molar-refractivity contribution in [1.82, 2.24) is 0 Å². The third-order valence-corrected chi connectivity index (χ3v) is 18.3. The standard InChI is InChI=1S/C70H136O17P2/c1-9-63(8)49-41-33-24-19-20-26-36-44-52-69(74)86-65(56-81-68(73)51-43-35-27-21-23-31-39-47-61(4)5)58-84-88(76,77)82-54-64(71)55-83-89(78,79)85-59-66(87-70(75)53-45-37-29-28-32-40-48-62(6)7)57-80-67(72)50-42-34-25-18-16-14-12-10-11-13-15-17-22-30-38-46-60(2)3/h60-66,71H,9-59H2,1-8H3,(H,76,77)(H,78,79)/t63?,64?,65-,66-/m1/s1. The maximum Gasteiger partial charge on any atom is 0.472 e. The number of carbonyl (C=O) groups excluding carboxylic acids is 4. The first-order valence-electron chi connectivity index (χ1n) is 36.2. The molecule has 0 aromatic heterocycles. The number of rotatable bonds is 67. The van der Waals surface area contributed by atoms with E-state index in [0.717, 1.165) is 108 Å². The van der Waals surface area contributed by atoms with Gasteiger partial charge in [0.05, 0.1) is 26.4 Å². The van der Waals surface area contributed by atoms with Gasteiger partial charge in [0, 0.05) is 25.7 Å². The Balaban J connectivity index is 5.18. The predicted molar refractivity (Wildman–Crippen MR) is 358 cm³/mol. The van der Waals surface area contributed by atoms with Crippen LogP contribution in [-0.4, -0.2) is 96.7 Å². The smallest absolute Gasteiger partial charge is 0.462 e. The van der Waals surface area contributed by atoms with E-state index >= 15 is 0 Å². The molecule has 0 saturated carbocycles. The van der Waals surface area contributed by atoms with Gasteiger partial charge in [0.15, 0.2) is 12.2 Å². The van der Waals surface area contributed by atoms with E-state index in [1.807, 2.05) is 0 Å². The molecule has 0 spiro atoms. The van der Waals surface area contributed by atoms with E-state index in [2.05, 4.69) is 55.4 Å². The molecule has 6 atom stereocenters. The summed E-state index contributed by atoms with van der Waals surface area (Å²) < 4.78 is 68.2. The lowest BCUT2D eigenvalue weighted by Crippen LogP contribution is -2.30. The molecule has 0 aromatic carbocycles. The van der Waals surface area contributed by atoms with E-state index in [0.29, 0.717) is 37.5 Å². The van der Waals surface area contributed by atoms with Crippen LogP contribution in [0, 0.1) is 23.7 Å². The number of esters is 4. The Morgan fingerprint density at radius 3 is 0.798 bits per heavy atom. The van der Waals surface area contributed by atoms with Gasteiger partial charge in [-0.3, -0.25) is 37.3 Å². The Morgan fingerprint density at radius 2 is 0.539 bits per heavy atom. The maximum atomic E-state index is 13.0. The summed E-state index contributed by atoms with van der Waals surface area (Å²) in [5, 5.41) is 10.6. The van der Waals surface area contributed by atoms with Crippen LogP contribution in [0.1, 0.15) is 344 Å². The minimum absolute atomic E-state index is 0.102. The first-order valence-corrected chi connectivity index (χ1v) is 39.2. The van der Waals surface area contributed by atoms with Crippen molar-refractivity contribution in [3.63, 3.8) is 0 Å². The van der Waals surface area contributed by atoms with Crippen molar-refractivity contribution >= 4 is 39.5 Å². The van der Waals surface area contributed by atoms with Crippen molar-refractivity contribution in [3.8, 4) is 0 Å². The molecule has 3 N–H and O–H groups in total. The third-order valence-electron chi connectivity index (χ3n) is 16.4. The van der Waals surface area contributed by atoms with Gasteiger partial charge in [-0.2, -0.15) is 0 Å². The molecule has 0 fully saturated rings. The van der Waals surface area contributed by atoms with Gasteiger partial charge in [0.2, 0.25) is 0 Å². The molecule has 4 unspecified atom stereocenters. The van der Waals surface area contributed by atoms with Gasteiger partial charge in [0.25, 0.3) is 0 Å². The second kappa shape index (κ2) is 59.8. The molecule has 0 aliphatic rings. The number of phosphoric ester groups is 2. The minimum Gasteiger partial charge on any atom is -0.462 e. The van der Waals surface area contributed by atoms with Crippen LogP contribution >= 0.6 is 15.6 Å². The summed E-state index contributed by atoms with van der Waals surface area (Å²) in [6, 6.07) is 0. The average Bonchev–Trinajstić information content (AvgIpc) is 3.67. The molecule has 0 heterocycles. The lowest BCUT2D eigenvalue weighted by molar-refractivity contribution is -0.161. The van der Waals surface area contributed by atoms with Crippen LogP contribution in [0.4, 0.5) is 0 Å². The Hall–Kier alpha value is -1.94. The summed E-state index contributed by atoms with van der Waals surface area (Å²) in [6.45, 7) is 14.0. The quantitative estimate of drug-likeness (QED) is 0.0222. The van der Waals surface area contributed by atoms with Gasteiger partial charge in [-0.25, -0.2) is 9.13 Å². The molecule has 0 bridgehead atoms. The summed E-state index contributed by atoms with van der Waals surface area (Å²) in [5.41, 5.74) is 0. The van der Waals surface area contributed by atoms with Crippen LogP contribution in [0.2, 0.25) is 0 Å². The molecule has 19 heteroatoms. The molecule has 0 aliphatic carbocycles. The monoisotopic (exact) mass is 1310 g/mol. The van der Waals surface area contributed by atoms with Crippen LogP contribution in [-0.2, 0) is 65.4 Å². The molecule has 89 heavy (non-hydrogen) atoms. The van der Waals surface area contributed by atoms with Crippen molar-refractivity contribution in [1.29, 1.82) is 0 Å².